The van der Waals surface area contributed by atoms with Gasteiger partial charge < -0.3 is 0 Å². The molecule has 0 amide bonds. The molecule has 0 spiro atoms. The third-order valence-electron chi connectivity index (χ3n) is 2.77. The molecule has 0 N–H and O–H groups in total. The van der Waals surface area contributed by atoms with E-state index in [1.54, 1.807) is 0 Å². The van der Waals surface area contributed by atoms with Crippen LogP contribution in [-0.4, -0.2) is 10.2 Å². The summed E-state index contributed by atoms with van der Waals surface area (Å²) < 4.78 is 0. The fraction of sp³-hybridized carbons (Fsp3) is 0. The van der Waals surface area contributed by atoms with Gasteiger partial charge >= 0.3 is 0 Å². The van der Waals surface area contributed by atoms with Crippen molar-refractivity contribution in [1.82, 2.24) is 0 Å². The van der Waals surface area contributed by atoms with E-state index in [0.29, 0.717) is 0 Å². The lowest BCUT2D eigenvalue weighted by molar-refractivity contribution is 1.78. The number of fused-ring (bicyclic) bond motifs is 2. The van der Waals surface area contributed by atoms with Crippen LogP contribution in [0, 0.1) is 0 Å². The maximum absolute atomic E-state index is 3.74. The van der Waals surface area contributed by atoms with Gasteiger partial charge in [-0.1, -0.05) is 53.7 Å². The minimum absolute atomic E-state index is 1.18. The number of benzene rings is 3. The molecule has 69 valence electrons. The second-order valence-electron chi connectivity index (χ2n) is 3.69. The summed E-state index contributed by atoms with van der Waals surface area (Å²) in [5, 5.41) is 6.28. The number of hydrogen-bond donors (Lipinski definition) is 0. The largest absolute Gasteiger partial charge is 0.0729 e. The minimum atomic E-state index is 1.18. The average molecular weight is 205 g/mol. The maximum Gasteiger partial charge on any atom is 0.0729 e. The third kappa shape index (κ3) is 1.28. The van der Waals surface area contributed by atoms with E-state index >= 15 is 0 Å². The van der Waals surface area contributed by atoms with Crippen molar-refractivity contribution in [3.63, 3.8) is 0 Å². The molecule has 3 aromatic carbocycles. The van der Waals surface area contributed by atoms with Crippen LogP contribution < -0.4 is 5.19 Å². The third-order valence-corrected chi connectivity index (χ3v) is 3.31. The van der Waals surface area contributed by atoms with E-state index in [9.17, 15) is 0 Å². The monoisotopic (exact) mass is 205 g/mol. The van der Waals surface area contributed by atoms with Crippen molar-refractivity contribution in [2.75, 3.05) is 0 Å². The summed E-state index contributed by atoms with van der Waals surface area (Å²) in [5.74, 6) is 0. The van der Waals surface area contributed by atoms with E-state index in [1.807, 2.05) is 0 Å². The molecule has 0 saturated heterocycles. The zero-order chi connectivity index (χ0) is 10.3. The Morgan fingerprint density at radius 1 is 0.667 bits per heavy atom. The summed E-state index contributed by atoms with van der Waals surface area (Å²) in [7, 11) is 3.74. The van der Waals surface area contributed by atoms with Crippen molar-refractivity contribution in [2.24, 2.45) is 0 Å². The van der Waals surface area contributed by atoms with Crippen molar-refractivity contribution < 1.29 is 0 Å². The SMILES string of the molecule is [Si]c1c2ccccc2cc2ccccc12. The van der Waals surface area contributed by atoms with Crippen molar-refractivity contribution in [3.8, 4) is 0 Å². The topological polar surface area (TPSA) is 0 Å². The highest BCUT2D eigenvalue weighted by molar-refractivity contribution is 6.45. The molecule has 3 aromatic rings. The molecule has 0 aliphatic carbocycles. The van der Waals surface area contributed by atoms with Crippen LogP contribution in [0.1, 0.15) is 0 Å². The molecule has 0 nitrogen and oxygen atoms in total. The zero-order valence-electron chi connectivity index (χ0n) is 8.20. The molecular weight excluding hydrogens is 196 g/mol. The van der Waals surface area contributed by atoms with Crippen LogP contribution in [0.3, 0.4) is 0 Å². The van der Waals surface area contributed by atoms with Gasteiger partial charge in [0.1, 0.15) is 0 Å². The van der Waals surface area contributed by atoms with Crippen LogP contribution >= 0.6 is 0 Å². The van der Waals surface area contributed by atoms with Crippen molar-refractivity contribution in [3.05, 3.63) is 54.6 Å². The average Bonchev–Trinajstić information content (AvgIpc) is 2.30. The van der Waals surface area contributed by atoms with E-state index in [-0.39, 0.29) is 0 Å². The first-order valence-corrected chi connectivity index (χ1v) is 5.48. The first kappa shape index (κ1) is 8.68. The minimum Gasteiger partial charge on any atom is -0.0616 e. The van der Waals surface area contributed by atoms with Crippen LogP contribution in [0.25, 0.3) is 21.5 Å². The van der Waals surface area contributed by atoms with Gasteiger partial charge in [0.15, 0.2) is 0 Å². The molecule has 0 atom stereocenters. The fourth-order valence-corrected chi connectivity index (χ4v) is 2.47. The van der Waals surface area contributed by atoms with Gasteiger partial charge in [-0.05, 0) is 27.6 Å². The molecular formula is C14H9Si. The lowest BCUT2D eigenvalue weighted by Gasteiger charge is -2.06. The van der Waals surface area contributed by atoms with Gasteiger partial charge in [-0.25, -0.2) is 0 Å². The summed E-state index contributed by atoms with van der Waals surface area (Å²) in [6.07, 6.45) is 0. The predicted molar refractivity (Wildman–Crippen MR) is 66.8 cm³/mol. The highest BCUT2D eigenvalue weighted by Gasteiger charge is 2.01. The van der Waals surface area contributed by atoms with Crippen molar-refractivity contribution in [2.45, 2.75) is 0 Å². The second kappa shape index (κ2) is 3.21. The Labute approximate surface area is 92.0 Å². The van der Waals surface area contributed by atoms with Gasteiger partial charge in [-0.3, -0.25) is 0 Å². The lowest BCUT2D eigenvalue weighted by Crippen LogP contribution is -2.05. The summed E-state index contributed by atoms with van der Waals surface area (Å²) in [5.41, 5.74) is 0. The molecule has 1 heteroatoms. The summed E-state index contributed by atoms with van der Waals surface area (Å²) >= 11 is 0. The van der Waals surface area contributed by atoms with Gasteiger partial charge in [0.25, 0.3) is 0 Å². The summed E-state index contributed by atoms with van der Waals surface area (Å²) in [6.45, 7) is 0. The smallest absolute Gasteiger partial charge is 0.0616 e. The van der Waals surface area contributed by atoms with E-state index in [2.05, 4.69) is 64.8 Å². The molecule has 0 aliphatic rings. The first-order chi connectivity index (χ1) is 7.36. The molecule has 0 heterocycles. The Balaban J connectivity index is 2.60. The first-order valence-electron chi connectivity index (χ1n) is 4.98. The standard InChI is InChI=1S/C14H9Si/c15-14-12-7-3-1-5-10(12)9-11-6-2-4-8-13(11)14/h1-9H. The Morgan fingerprint density at radius 2 is 1.13 bits per heavy atom. The van der Waals surface area contributed by atoms with E-state index in [1.165, 1.54) is 26.7 Å². The predicted octanol–water partition coefficient (Wildman–Crippen LogP) is 2.79. The Kier molecular flexibility index (Phi) is 1.86. The Bertz CT molecular complexity index is 587. The Morgan fingerprint density at radius 3 is 1.67 bits per heavy atom. The van der Waals surface area contributed by atoms with E-state index in [4.69, 9.17) is 0 Å². The molecule has 0 bridgehead atoms. The van der Waals surface area contributed by atoms with Crippen molar-refractivity contribution in [1.29, 1.82) is 0 Å². The van der Waals surface area contributed by atoms with E-state index < -0.39 is 0 Å². The second-order valence-corrected chi connectivity index (χ2v) is 4.19. The van der Waals surface area contributed by atoms with Gasteiger partial charge in [0.05, 0.1) is 10.2 Å². The molecule has 0 fully saturated rings. The molecule has 15 heavy (non-hydrogen) atoms. The maximum atomic E-state index is 3.74. The summed E-state index contributed by atoms with van der Waals surface area (Å²) in [6, 6.07) is 19.1. The van der Waals surface area contributed by atoms with Crippen LogP contribution in [-0.2, 0) is 0 Å². The zero-order valence-corrected chi connectivity index (χ0v) is 9.20. The van der Waals surface area contributed by atoms with Crippen molar-refractivity contribution >= 4 is 37.0 Å². The molecule has 0 aromatic heterocycles. The molecule has 3 rings (SSSR count). The number of rotatable bonds is 0. The van der Waals surface area contributed by atoms with Crippen LogP contribution in [0.5, 0.6) is 0 Å². The van der Waals surface area contributed by atoms with Gasteiger partial charge in [-0.2, -0.15) is 0 Å². The summed E-state index contributed by atoms with van der Waals surface area (Å²) in [4.78, 5) is 0. The fourth-order valence-electron chi connectivity index (χ4n) is 2.01. The lowest BCUT2D eigenvalue weighted by atomic mass is 10.0. The van der Waals surface area contributed by atoms with Gasteiger partial charge in [-0.15, -0.1) is 0 Å². The normalized spacial score (nSPS) is 11.0. The molecule has 3 radical (unpaired) electrons. The highest BCUT2D eigenvalue weighted by Crippen LogP contribution is 2.19. The molecule has 0 saturated carbocycles. The van der Waals surface area contributed by atoms with Crippen LogP contribution in [0.4, 0.5) is 0 Å². The van der Waals surface area contributed by atoms with E-state index in [0.717, 1.165) is 0 Å². The number of hydrogen-bond acceptors (Lipinski definition) is 0. The molecule has 0 unspecified atom stereocenters. The van der Waals surface area contributed by atoms with Gasteiger partial charge in [0, 0.05) is 0 Å². The van der Waals surface area contributed by atoms with Crippen LogP contribution in [0.2, 0.25) is 0 Å². The quantitative estimate of drug-likeness (QED) is 0.391. The van der Waals surface area contributed by atoms with Crippen LogP contribution in [0.15, 0.2) is 54.6 Å². The molecule has 0 aliphatic heterocycles. The van der Waals surface area contributed by atoms with Gasteiger partial charge in [0.2, 0.25) is 0 Å². The highest BCUT2D eigenvalue weighted by atomic mass is 28.1. The Hall–Kier alpha value is -1.60.